The second-order valence-electron chi connectivity index (χ2n) is 3.32. The lowest BCUT2D eigenvalue weighted by atomic mass is 10.3. The van der Waals surface area contributed by atoms with Crippen LogP contribution in [0, 0.1) is 0 Å². The van der Waals surface area contributed by atoms with Gasteiger partial charge in [0.2, 0.25) is 0 Å². The molecule has 0 radical (unpaired) electrons. The summed E-state index contributed by atoms with van der Waals surface area (Å²) in [7, 11) is -2.95. The van der Waals surface area contributed by atoms with Crippen molar-refractivity contribution in [3.63, 3.8) is 0 Å². The fourth-order valence-electron chi connectivity index (χ4n) is 0.751. The van der Waals surface area contributed by atoms with Gasteiger partial charge in [-0.2, -0.15) is 0 Å². The zero-order valence-corrected chi connectivity index (χ0v) is 10.1. The summed E-state index contributed by atoms with van der Waals surface area (Å²) in [5.74, 6) is 0. The summed E-state index contributed by atoms with van der Waals surface area (Å²) in [6.07, 6.45) is 1.91. The highest BCUT2D eigenvalue weighted by molar-refractivity contribution is 7.52. The first-order chi connectivity index (χ1) is 6.52. The van der Waals surface area contributed by atoms with Gasteiger partial charge in [0.25, 0.3) is 0 Å². The van der Waals surface area contributed by atoms with Crippen LogP contribution in [0.2, 0.25) is 0 Å². The molecule has 86 valence electrons. The van der Waals surface area contributed by atoms with Crippen molar-refractivity contribution >= 4 is 7.60 Å². The molecule has 0 aromatic rings. The van der Waals surface area contributed by atoms with Gasteiger partial charge in [-0.05, 0) is 12.8 Å². The molecule has 0 aromatic heterocycles. The van der Waals surface area contributed by atoms with Crippen LogP contribution in [0.4, 0.5) is 0 Å². The standard InChI is InChI=1S/C9H21O4P/c1-4-6-7-12-14(3,11)13-8-9(10)5-2/h9-10H,4-8H2,1-3H3/t9-,14?/m0/s1. The van der Waals surface area contributed by atoms with Gasteiger partial charge in [0.05, 0.1) is 19.3 Å². The van der Waals surface area contributed by atoms with Crippen LogP contribution in [-0.2, 0) is 13.6 Å². The Balaban J connectivity index is 3.66. The van der Waals surface area contributed by atoms with Crippen LogP contribution in [0.15, 0.2) is 0 Å². The summed E-state index contributed by atoms with van der Waals surface area (Å²) in [5, 5.41) is 9.19. The van der Waals surface area contributed by atoms with E-state index in [0.29, 0.717) is 13.0 Å². The molecule has 2 atom stereocenters. The van der Waals surface area contributed by atoms with E-state index in [1.54, 1.807) is 0 Å². The number of aliphatic hydroxyl groups is 1. The lowest BCUT2D eigenvalue weighted by molar-refractivity contribution is 0.0907. The molecule has 4 nitrogen and oxygen atoms in total. The van der Waals surface area contributed by atoms with E-state index in [0.717, 1.165) is 12.8 Å². The van der Waals surface area contributed by atoms with Gasteiger partial charge in [-0.15, -0.1) is 0 Å². The zero-order chi connectivity index (χ0) is 11.0. The Morgan fingerprint density at radius 3 is 2.50 bits per heavy atom. The second-order valence-corrected chi connectivity index (χ2v) is 5.38. The molecule has 0 saturated heterocycles. The largest absolute Gasteiger partial charge is 0.391 e. The van der Waals surface area contributed by atoms with Gasteiger partial charge in [-0.25, -0.2) is 0 Å². The highest BCUT2D eigenvalue weighted by Gasteiger charge is 2.17. The normalized spacial score (nSPS) is 17.7. The molecule has 0 rings (SSSR count). The van der Waals surface area contributed by atoms with E-state index in [4.69, 9.17) is 9.05 Å². The molecule has 0 fully saturated rings. The zero-order valence-electron chi connectivity index (χ0n) is 9.23. The topological polar surface area (TPSA) is 55.8 Å². The molecule has 0 amide bonds. The Kier molecular flexibility index (Phi) is 7.47. The van der Waals surface area contributed by atoms with E-state index in [9.17, 15) is 9.67 Å². The van der Waals surface area contributed by atoms with Gasteiger partial charge in [-0.1, -0.05) is 20.3 Å². The van der Waals surface area contributed by atoms with Crippen LogP contribution < -0.4 is 0 Å². The summed E-state index contributed by atoms with van der Waals surface area (Å²) in [6, 6.07) is 0. The number of hydrogen-bond acceptors (Lipinski definition) is 4. The van der Waals surface area contributed by atoms with Crippen molar-refractivity contribution in [2.75, 3.05) is 19.9 Å². The van der Waals surface area contributed by atoms with Gasteiger partial charge in [0.1, 0.15) is 0 Å². The molecule has 0 aromatic carbocycles. The van der Waals surface area contributed by atoms with Crippen LogP contribution in [0.1, 0.15) is 33.1 Å². The number of aliphatic hydroxyl groups excluding tert-OH is 1. The second kappa shape index (κ2) is 7.41. The van der Waals surface area contributed by atoms with Gasteiger partial charge < -0.3 is 14.2 Å². The number of rotatable bonds is 8. The lowest BCUT2D eigenvalue weighted by Crippen LogP contribution is -2.13. The average molecular weight is 224 g/mol. The Morgan fingerprint density at radius 1 is 1.36 bits per heavy atom. The Labute approximate surface area is 86.1 Å². The molecule has 14 heavy (non-hydrogen) atoms. The highest BCUT2D eigenvalue weighted by atomic mass is 31.2. The van der Waals surface area contributed by atoms with Crippen molar-refractivity contribution in [3.8, 4) is 0 Å². The average Bonchev–Trinajstić information content (AvgIpc) is 2.14. The molecule has 0 bridgehead atoms. The third-order valence-electron chi connectivity index (χ3n) is 1.80. The maximum absolute atomic E-state index is 11.6. The van der Waals surface area contributed by atoms with E-state index in [2.05, 4.69) is 0 Å². The molecule has 0 aliphatic rings. The fraction of sp³-hybridized carbons (Fsp3) is 1.00. The van der Waals surface area contributed by atoms with Gasteiger partial charge in [0.15, 0.2) is 0 Å². The fourth-order valence-corrected chi connectivity index (χ4v) is 1.73. The maximum atomic E-state index is 11.6. The summed E-state index contributed by atoms with van der Waals surface area (Å²) < 4.78 is 21.7. The van der Waals surface area contributed by atoms with Crippen molar-refractivity contribution in [1.82, 2.24) is 0 Å². The number of unbranched alkanes of at least 4 members (excludes halogenated alkanes) is 1. The summed E-state index contributed by atoms with van der Waals surface area (Å²) in [5.41, 5.74) is 0. The third-order valence-corrected chi connectivity index (χ3v) is 3.07. The van der Waals surface area contributed by atoms with Crippen molar-refractivity contribution in [1.29, 1.82) is 0 Å². The molecule has 0 spiro atoms. The summed E-state index contributed by atoms with van der Waals surface area (Å²) in [6.45, 7) is 5.84. The van der Waals surface area contributed by atoms with Crippen molar-refractivity contribution in [3.05, 3.63) is 0 Å². The quantitative estimate of drug-likeness (QED) is 0.508. The Hall–Kier alpha value is 0.110. The first-order valence-electron chi connectivity index (χ1n) is 5.06. The van der Waals surface area contributed by atoms with Gasteiger partial charge in [-0.3, -0.25) is 4.57 Å². The van der Waals surface area contributed by atoms with Crippen molar-refractivity contribution in [2.24, 2.45) is 0 Å². The first kappa shape index (κ1) is 14.1. The molecule has 0 saturated carbocycles. The van der Waals surface area contributed by atoms with Crippen LogP contribution in [0.5, 0.6) is 0 Å². The molecule has 0 heterocycles. The van der Waals surface area contributed by atoms with Crippen LogP contribution in [0.3, 0.4) is 0 Å². The van der Waals surface area contributed by atoms with E-state index >= 15 is 0 Å². The Bertz CT molecular complexity index is 184. The van der Waals surface area contributed by atoms with Crippen molar-refractivity contribution in [2.45, 2.75) is 39.2 Å². The van der Waals surface area contributed by atoms with Gasteiger partial charge in [0, 0.05) is 6.66 Å². The molecular formula is C9H21O4P. The monoisotopic (exact) mass is 224 g/mol. The minimum atomic E-state index is -2.95. The molecular weight excluding hydrogens is 203 g/mol. The minimum absolute atomic E-state index is 0.0798. The molecule has 0 aliphatic heterocycles. The first-order valence-corrected chi connectivity index (χ1v) is 7.05. The maximum Gasteiger partial charge on any atom is 0.327 e. The van der Waals surface area contributed by atoms with E-state index in [1.165, 1.54) is 6.66 Å². The smallest absolute Gasteiger partial charge is 0.327 e. The van der Waals surface area contributed by atoms with E-state index in [-0.39, 0.29) is 6.61 Å². The predicted octanol–water partition coefficient (Wildman–Crippen LogP) is 2.41. The van der Waals surface area contributed by atoms with Gasteiger partial charge >= 0.3 is 7.60 Å². The summed E-state index contributed by atoms with van der Waals surface area (Å²) >= 11 is 0. The van der Waals surface area contributed by atoms with E-state index < -0.39 is 13.7 Å². The summed E-state index contributed by atoms with van der Waals surface area (Å²) in [4.78, 5) is 0. The lowest BCUT2D eigenvalue weighted by Gasteiger charge is -2.15. The molecule has 1 N–H and O–H groups in total. The van der Waals surface area contributed by atoms with Crippen LogP contribution >= 0.6 is 7.60 Å². The van der Waals surface area contributed by atoms with E-state index in [1.807, 2.05) is 13.8 Å². The SMILES string of the molecule is CCCCOP(C)(=O)OC[C@@H](O)CC. The molecule has 5 heteroatoms. The van der Waals surface area contributed by atoms with Crippen molar-refractivity contribution < 1.29 is 18.7 Å². The third kappa shape index (κ3) is 7.51. The van der Waals surface area contributed by atoms with Crippen LogP contribution in [-0.4, -0.2) is 31.1 Å². The predicted molar refractivity (Wildman–Crippen MR) is 56.6 cm³/mol. The van der Waals surface area contributed by atoms with Crippen LogP contribution in [0.25, 0.3) is 0 Å². The molecule has 0 aliphatic carbocycles. The Morgan fingerprint density at radius 2 is 2.00 bits per heavy atom. The highest BCUT2D eigenvalue weighted by Crippen LogP contribution is 2.43. The molecule has 1 unspecified atom stereocenters. The minimum Gasteiger partial charge on any atom is -0.391 e. The number of hydrogen-bond donors (Lipinski definition) is 1.